The van der Waals surface area contributed by atoms with Crippen molar-refractivity contribution in [2.24, 2.45) is 0 Å². The topological polar surface area (TPSA) is 21.3 Å². The van der Waals surface area contributed by atoms with Gasteiger partial charge in [-0.3, -0.25) is 0 Å². The molecule has 0 saturated heterocycles. The minimum absolute atomic E-state index is 0.325. The summed E-state index contributed by atoms with van der Waals surface area (Å²) in [4.78, 5) is 1.19. The van der Waals surface area contributed by atoms with Gasteiger partial charge in [0.05, 0.1) is 7.11 Å². The van der Waals surface area contributed by atoms with E-state index in [1.165, 1.54) is 10.5 Å². The van der Waals surface area contributed by atoms with Crippen LogP contribution in [0.1, 0.15) is 25.5 Å². The summed E-state index contributed by atoms with van der Waals surface area (Å²) in [6.07, 6.45) is 0. The maximum Gasteiger partial charge on any atom is 0.132 e. The van der Waals surface area contributed by atoms with Gasteiger partial charge in [0, 0.05) is 16.2 Å². The smallest absolute Gasteiger partial charge is 0.132 e. The minimum Gasteiger partial charge on any atom is -0.496 e. The lowest BCUT2D eigenvalue weighted by molar-refractivity contribution is 0.404. The molecule has 2 aromatic rings. The molecule has 0 spiro atoms. The van der Waals surface area contributed by atoms with Crippen molar-refractivity contribution in [3.8, 4) is 5.75 Å². The molecule has 2 nitrogen and oxygen atoms in total. The van der Waals surface area contributed by atoms with Crippen molar-refractivity contribution in [1.29, 1.82) is 0 Å². The highest BCUT2D eigenvalue weighted by Crippen LogP contribution is 2.36. The number of ether oxygens (including phenoxy) is 1. The van der Waals surface area contributed by atoms with Gasteiger partial charge in [0.15, 0.2) is 0 Å². The van der Waals surface area contributed by atoms with Crippen LogP contribution in [-0.2, 0) is 0 Å². The molecule has 0 aliphatic heterocycles. The van der Waals surface area contributed by atoms with Crippen molar-refractivity contribution in [1.82, 2.24) is 5.32 Å². The Morgan fingerprint density at radius 3 is 2.38 bits per heavy atom. The standard InChI is InChI=1S/C18H23NOS/c1-4-19-18(15-10-6-5-7-11-15)14(2)21-17-13-9-8-12-16(17)20-3/h5-14,18-19H,4H2,1-3H3. The highest BCUT2D eigenvalue weighted by Gasteiger charge is 2.20. The van der Waals surface area contributed by atoms with Crippen LogP contribution in [-0.4, -0.2) is 18.9 Å². The third kappa shape index (κ3) is 4.26. The molecule has 0 saturated carbocycles. The van der Waals surface area contributed by atoms with Crippen molar-refractivity contribution in [2.75, 3.05) is 13.7 Å². The average Bonchev–Trinajstić information content (AvgIpc) is 2.53. The summed E-state index contributed by atoms with van der Waals surface area (Å²) >= 11 is 1.85. The van der Waals surface area contributed by atoms with Crippen LogP contribution < -0.4 is 10.1 Å². The lowest BCUT2D eigenvalue weighted by Gasteiger charge is -2.25. The van der Waals surface area contributed by atoms with Gasteiger partial charge in [-0.05, 0) is 24.2 Å². The van der Waals surface area contributed by atoms with Crippen LogP contribution in [0.15, 0.2) is 59.5 Å². The third-order valence-electron chi connectivity index (χ3n) is 3.43. The van der Waals surface area contributed by atoms with Crippen molar-refractivity contribution in [3.63, 3.8) is 0 Å². The average molecular weight is 301 g/mol. The Bertz CT molecular complexity index is 544. The fourth-order valence-corrected chi connectivity index (χ4v) is 3.63. The molecule has 2 atom stereocenters. The van der Waals surface area contributed by atoms with Gasteiger partial charge in [-0.25, -0.2) is 0 Å². The van der Waals surface area contributed by atoms with E-state index >= 15 is 0 Å². The van der Waals surface area contributed by atoms with Crippen LogP contribution in [0.2, 0.25) is 0 Å². The van der Waals surface area contributed by atoms with Gasteiger partial charge in [-0.2, -0.15) is 0 Å². The fraction of sp³-hybridized carbons (Fsp3) is 0.333. The molecule has 2 unspecified atom stereocenters. The van der Waals surface area contributed by atoms with E-state index in [0.29, 0.717) is 11.3 Å². The van der Waals surface area contributed by atoms with Crippen molar-refractivity contribution >= 4 is 11.8 Å². The fourth-order valence-electron chi connectivity index (χ4n) is 2.42. The second-order valence-electron chi connectivity index (χ2n) is 4.92. The number of rotatable bonds is 7. The molecule has 0 radical (unpaired) electrons. The zero-order valence-corrected chi connectivity index (χ0v) is 13.7. The largest absolute Gasteiger partial charge is 0.496 e. The van der Waals surface area contributed by atoms with E-state index in [1.807, 2.05) is 23.9 Å². The van der Waals surface area contributed by atoms with E-state index in [-0.39, 0.29) is 0 Å². The number of thioether (sulfide) groups is 1. The Balaban J connectivity index is 2.17. The van der Waals surface area contributed by atoms with E-state index in [2.05, 4.69) is 61.6 Å². The molecule has 3 heteroatoms. The summed E-state index contributed by atoms with van der Waals surface area (Å²) in [5, 5.41) is 4.00. The maximum absolute atomic E-state index is 5.45. The first-order chi connectivity index (χ1) is 10.3. The van der Waals surface area contributed by atoms with Gasteiger partial charge >= 0.3 is 0 Å². The summed E-state index contributed by atoms with van der Waals surface area (Å²) in [5.74, 6) is 0.942. The Hall–Kier alpha value is -1.45. The predicted octanol–water partition coefficient (Wildman–Crippen LogP) is 4.53. The number of hydrogen-bond acceptors (Lipinski definition) is 3. The van der Waals surface area contributed by atoms with Gasteiger partial charge in [0.1, 0.15) is 5.75 Å². The predicted molar refractivity (Wildman–Crippen MR) is 91.2 cm³/mol. The SMILES string of the molecule is CCNC(c1ccccc1)C(C)Sc1ccccc1OC. The minimum atomic E-state index is 0.325. The second-order valence-corrected chi connectivity index (χ2v) is 6.34. The highest BCUT2D eigenvalue weighted by molar-refractivity contribution is 8.00. The zero-order chi connectivity index (χ0) is 15.1. The molecule has 2 aromatic carbocycles. The summed E-state index contributed by atoms with van der Waals surface area (Å²) in [5.41, 5.74) is 1.33. The molecule has 0 aliphatic rings. The van der Waals surface area contributed by atoms with Crippen LogP contribution in [0.4, 0.5) is 0 Å². The molecule has 21 heavy (non-hydrogen) atoms. The lowest BCUT2D eigenvalue weighted by Crippen LogP contribution is -2.28. The number of hydrogen-bond donors (Lipinski definition) is 1. The molecule has 0 aromatic heterocycles. The second kappa shape index (κ2) is 8.11. The number of methoxy groups -OCH3 is 1. The highest BCUT2D eigenvalue weighted by atomic mass is 32.2. The number of benzene rings is 2. The van der Waals surface area contributed by atoms with Crippen LogP contribution in [0.3, 0.4) is 0 Å². The van der Waals surface area contributed by atoms with Crippen LogP contribution in [0.25, 0.3) is 0 Å². The molecule has 0 heterocycles. The molecule has 0 amide bonds. The van der Waals surface area contributed by atoms with E-state index in [1.54, 1.807) is 7.11 Å². The van der Waals surface area contributed by atoms with Gasteiger partial charge in [0.25, 0.3) is 0 Å². The summed E-state index contributed by atoms with van der Waals surface area (Å²) < 4.78 is 5.45. The molecule has 112 valence electrons. The monoisotopic (exact) mass is 301 g/mol. The Morgan fingerprint density at radius 2 is 1.71 bits per heavy atom. The number of para-hydroxylation sites is 1. The van der Waals surface area contributed by atoms with E-state index < -0.39 is 0 Å². The molecular formula is C18H23NOS. The summed E-state index contributed by atoms with van der Waals surface area (Å²) in [6, 6.07) is 19.2. The Labute approximate surface area is 131 Å². The van der Waals surface area contributed by atoms with E-state index in [4.69, 9.17) is 4.74 Å². The first-order valence-electron chi connectivity index (χ1n) is 7.34. The van der Waals surface area contributed by atoms with Gasteiger partial charge < -0.3 is 10.1 Å². The van der Waals surface area contributed by atoms with Crippen LogP contribution >= 0.6 is 11.8 Å². The zero-order valence-electron chi connectivity index (χ0n) is 12.9. The van der Waals surface area contributed by atoms with E-state index in [9.17, 15) is 0 Å². The summed E-state index contributed by atoms with van der Waals surface area (Å²) in [6.45, 7) is 5.37. The molecule has 2 rings (SSSR count). The molecule has 1 N–H and O–H groups in total. The number of nitrogens with one attached hydrogen (secondary N) is 1. The van der Waals surface area contributed by atoms with Crippen molar-refractivity contribution in [3.05, 3.63) is 60.2 Å². The van der Waals surface area contributed by atoms with Gasteiger partial charge in [0.2, 0.25) is 0 Å². The lowest BCUT2D eigenvalue weighted by atomic mass is 10.0. The van der Waals surface area contributed by atoms with Crippen molar-refractivity contribution < 1.29 is 4.74 Å². The first kappa shape index (κ1) is 15.9. The Kier molecular flexibility index (Phi) is 6.15. The Morgan fingerprint density at radius 1 is 1.05 bits per heavy atom. The van der Waals surface area contributed by atoms with Gasteiger partial charge in [-0.15, -0.1) is 11.8 Å². The quantitative estimate of drug-likeness (QED) is 0.759. The molecule has 0 aliphatic carbocycles. The summed E-state index contributed by atoms with van der Waals surface area (Å²) in [7, 11) is 1.73. The normalized spacial score (nSPS) is 13.7. The molecular weight excluding hydrogens is 278 g/mol. The van der Waals surface area contributed by atoms with Crippen LogP contribution in [0, 0.1) is 0 Å². The van der Waals surface area contributed by atoms with Crippen LogP contribution in [0.5, 0.6) is 5.75 Å². The van der Waals surface area contributed by atoms with Gasteiger partial charge in [-0.1, -0.05) is 56.3 Å². The van der Waals surface area contributed by atoms with Crippen molar-refractivity contribution in [2.45, 2.75) is 30.0 Å². The third-order valence-corrected chi connectivity index (χ3v) is 4.67. The molecule has 0 bridgehead atoms. The first-order valence-corrected chi connectivity index (χ1v) is 8.22. The van der Waals surface area contributed by atoms with E-state index in [0.717, 1.165) is 12.3 Å². The molecule has 0 fully saturated rings. The maximum atomic E-state index is 5.45.